The van der Waals surface area contributed by atoms with Crippen molar-refractivity contribution in [2.45, 2.75) is 50.1 Å². The molecule has 3 N–H and O–H groups in total. The molecular formula is C20H26N4OS. The molecule has 1 aliphatic heterocycles. The van der Waals surface area contributed by atoms with E-state index in [0.717, 1.165) is 34.7 Å². The Balaban J connectivity index is 1.66. The molecule has 0 spiro atoms. The zero-order valence-electron chi connectivity index (χ0n) is 15.1. The van der Waals surface area contributed by atoms with E-state index in [1.807, 2.05) is 11.7 Å². The number of aromatic nitrogens is 1. The molecule has 6 heteroatoms. The monoisotopic (exact) mass is 370 g/mol. The summed E-state index contributed by atoms with van der Waals surface area (Å²) in [5, 5.41) is 5.21. The minimum Gasteiger partial charge on any atom is -0.338 e. The molecule has 0 radical (unpaired) electrons. The largest absolute Gasteiger partial charge is 0.338 e. The topological polar surface area (TPSA) is 72.4 Å². The van der Waals surface area contributed by atoms with E-state index in [1.165, 1.54) is 36.6 Å². The van der Waals surface area contributed by atoms with Crippen molar-refractivity contribution in [1.82, 2.24) is 9.99 Å². The molecule has 0 bridgehead atoms. The van der Waals surface area contributed by atoms with E-state index in [2.05, 4.69) is 29.6 Å². The SMILES string of the molecule is CNC(C=O)CC1CSC(c2cc3cccc(C4CCCC4)c3n2N)=N1. The average Bonchev–Trinajstić information content (AvgIpc) is 3.40. The summed E-state index contributed by atoms with van der Waals surface area (Å²) in [7, 11) is 1.81. The number of thioether (sulfide) groups is 1. The Hall–Kier alpha value is -1.79. The quantitative estimate of drug-likeness (QED) is 0.605. The van der Waals surface area contributed by atoms with Crippen molar-refractivity contribution in [3.63, 3.8) is 0 Å². The van der Waals surface area contributed by atoms with Crippen LogP contribution in [0.2, 0.25) is 0 Å². The molecule has 2 unspecified atom stereocenters. The fourth-order valence-electron chi connectivity index (χ4n) is 4.25. The number of hydrogen-bond acceptors (Lipinski definition) is 5. The fraction of sp³-hybridized carbons (Fsp3) is 0.500. The number of nitrogen functional groups attached to an aromatic ring is 1. The molecule has 1 fully saturated rings. The lowest BCUT2D eigenvalue weighted by atomic mass is 9.96. The van der Waals surface area contributed by atoms with Crippen LogP contribution in [0.1, 0.15) is 49.3 Å². The van der Waals surface area contributed by atoms with Gasteiger partial charge in [-0.2, -0.15) is 0 Å². The van der Waals surface area contributed by atoms with E-state index >= 15 is 0 Å². The molecule has 2 heterocycles. The van der Waals surface area contributed by atoms with Crippen molar-refractivity contribution in [3.8, 4) is 0 Å². The summed E-state index contributed by atoms with van der Waals surface area (Å²) in [5.74, 6) is 8.07. The van der Waals surface area contributed by atoms with Gasteiger partial charge in [-0.3, -0.25) is 9.67 Å². The van der Waals surface area contributed by atoms with Gasteiger partial charge in [0.05, 0.1) is 23.3 Å². The Morgan fingerprint density at radius 3 is 2.96 bits per heavy atom. The van der Waals surface area contributed by atoms with E-state index in [1.54, 1.807) is 11.8 Å². The standard InChI is InChI=1S/C20H26N4OS/c1-22-15(11-25)10-16-12-26-20(23-16)18-9-14-7-4-8-17(19(14)24(18)21)13-5-2-3-6-13/h4,7-9,11,13,15-16,22H,2-3,5-6,10,12,21H2,1H3. The Morgan fingerprint density at radius 1 is 1.42 bits per heavy atom. The Bertz CT molecular complexity index is 838. The molecule has 138 valence electrons. The first-order chi connectivity index (χ1) is 12.7. The van der Waals surface area contributed by atoms with Crippen LogP contribution in [0.3, 0.4) is 0 Å². The molecule has 0 saturated heterocycles. The third-order valence-electron chi connectivity index (χ3n) is 5.68. The highest BCUT2D eigenvalue weighted by molar-refractivity contribution is 8.14. The Labute approximate surface area is 158 Å². The van der Waals surface area contributed by atoms with Crippen LogP contribution in [-0.4, -0.2) is 40.9 Å². The molecule has 2 aromatic rings. The van der Waals surface area contributed by atoms with E-state index in [0.29, 0.717) is 5.92 Å². The van der Waals surface area contributed by atoms with Crippen molar-refractivity contribution in [1.29, 1.82) is 0 Å². The van der Waals surface area contributed by atoms with Gasteiger partial charge < -0.3 is 16.0 Å². The van der Waals surface area contributed by atoms with E-state index in [4.69, 9.17) is 10.8 Å². The maximum Gasteiger partial charge on any atom is 0.136 e. The summed E-state index contributed by atoms with van der Waals surface area (Å²) in [4.78, 5) is 15.9. The molecule has 5 nitrogen and oxygen atoms in total. The Kier molecular flexibility index (Phi) is 5.05. The predicted molar refractivity (Wildman–Crippen MR) is 110 cm³/mol. The molecule has 2 aliphatic rings. The van der Waals surface area contributed by atoms with Crippen LogP contribution >= 0.6 is 11.8 Å². The number of benzene rings is 1. The van der Waals surface area contributed by atoms with Crippen molar-refractivity contribution >= 4 is 34.0 Å². The smallest absolute Gasteiger partial charge is 0.136 e. The van der Waals surface area contributed by atoms with Crippen molar-refractivity contribution in [3.05, 3.63) is 35.5 Å². The summed E-state index contributed by atoms with van der Waals surface area (Å²) in [6.07, 6.45) is 6.84. The van der Waals surface area contributed by atoms with Crippen LogP contribution in [0.4, 0.5) is 0 Å². The molecule has 26 heavy (non-hydrogen) atoms. The maximum atomic E-state index is 11.1. The summed E-state index contributed by atoms with van der Waals surface area (Å²) in [6.45, 7) is 0. The Morgan fingerprint density at radius 2 is 2.23 bits per heavy atom. The summed E-state index contributed by atoms with van der Waals surface area (Å²) in [5.41, 5.74) is 3.53. The first kappa shape index (κ1) is 17.6. The number of aldehydes is 1. The number of nitrogens with one attached hydrogen (secondary N) is 1. The molecule has 2 atom stereocenters. The number of para-hydroxylation sites is 1. The molecule has 0 amide bonds. The second-order valence-corrected chi connectivity index (χ2v) is 8.34. The summed E-state index contributed by atoms with van der Waals surface area (Å²) in [6, 6.07) is 8.71. The second-order valence-electron chi connectivity index (χ2n) is 7.33. The first-order valence-corrected chi connectivity index (χ1v) is 10.4. The number of carbonyl (C=O) groups is 1. The number of nitrogens with zero attached hydrogens (tertiary/aromatic N) is 2. The third kappa shape index (κ3) is 3.16. The van der Waals surface area contributed by atoms with Crippen LogP contribution in [0.5, 0.6) is 0 Å². The van der Waals surface area contributed by atoms with Crippen LogP contribution < -0.4 is 11.2 Å². The number of nitrogens with two attached hydrogens (primary N) is 1. The lowest BCUT2D eigenvalue weighted by Crippen LogP contribution is -2.30. The highest BCUT2D eigenvalue weighted by Gasteiger charge is 2.26. The van der Waals surface area contributed by atoms with Gasteiger partial charge in [0, 0.05) is 11.1 Å². The second kappa shape index (κ2) is 7.45. The van der Waals surface area contributed by atoms with Gasteiger partial charge in [-0.15, -0.1) is 11.8 Å². The molecule has 1 saturated carbocycles. The zero-order valence-corrected chi connectivity index (χ0v) is 16.0. The van der Waals surface area contributed by atoms with Gasteiger partial charge in [0.25, 0.3) is 0 Å². The predicted octanol–water partition coefficient (Wildman–Crippen LogP) is 3.05. The van der Waals surface area contributed by atoms with Crippen LogP contribution in [0, 0.1) is 0 Å². The molecular weight excluding hydrogens is 344 g/mol. The molecule has 1 aliphatic carbocycles. The van der Waals surface area contributed by atoms with Gasteiger partial charge in [-0.1, -0.05) is 31.0 Å². The van der Waals surface area contributed by atoms with Gasteiger partial charge in [0.1, 0.15) is 11.3 Å². The number of hydrogen-bond donors (Lipinski definition) is 2. The highest BCUT2D eigenvalue weighted by Crippen LogP contribution is 2.38. The van der Waals surface area contributed by atoms with Crippen molar-refractivity contribution in [2.75, 3.05) is 18.6 Å². The van der Waals surface area contributed by atoms with Crippen LogP contribution in [-0.2, 0) is 4.79 Å². The van der Waals surface area contributed by atoms with Crippen molar-refractivity contribution < 1.29 is 4.79 Å². The van der Waals surface area contributed by atoms with Gasteiger partial charge in [-0.25, -0.2) is 0 Å². The average molecular weight is 371 g/mol. The van der Waals surface area contributed by atoms with Gasteiger partial charge in [-0.05, 0) is 43.9 Å². The first-order valence-electron chi connectivity index (χ1n) is 9.44. The van der Waals surface area contributed by atoms with Gasteiger partial charge in [0.2, 0.25) is 0 Å². The number of rotatable bonds is 6. The minimum atomic E-state index is -0.138. The lowest BCUT2D eigenvalue weighted by Gasteiger charge is -2.13. The molecule has 1 aromatic heterocycles. The van der Waals surface area contributed by atoms with Crippen LogP contribution in [0.25, 0.3) is 10.9 Å². The normalized spacial score (nSPS) is 22.0. The van der Waals surface area contributed by atoms with E-state index in [-0.39, 0.29) is 12.1 Å². The van der Waals surface area contributed by atoms with E-state index in [9.17, 15) is 4.79 Å². The van der Waals surface area contributed by atoms with E-state index < -0.39 is 0 Å². The van der Waals surface area contributed by atoms with Gasteiger partial charge in [0.15, 0.2) is 0 Å². The summed E-state index contributed by atoms with van der Waals surface area (Å²) < 4.78 is 1.84. The highest BCUT2D eigenvalue weighted by atomic mass is 32.2. The lowest BCUT2D eigenvalue weighted by molar-refractivity contribution is -0.109. The number of aliphatic imine (C=N–C) groups is 1. The molecule has 1 aromatic carbocycles. The zero-order chi connectivity index (χ0) is 18.1. The summed E-state index contributed by atoms with van der Waals surface area (Å²) >= 11 is 1.74. The fourth-order valence-corrected chi connectivity index (χ4v) is 5.34. The number of fused-ring (bicyclic) bond motifs is 1. The van der Waals surface area contributed by atoms with Gasteiger partial charge >= 0.3 is 0 Å². The molecule has 4 rings (SSSR count). The number of carbonyl (C=O) groups excluding carboxylic acids is 1. The van der Waals surface area contributed by atoms with Crippen molar-refractivity contribution in [2.24, 2.45) is 4.99 Å². The van der Waals surface area contributed by atoms with Crippen LogP contribution in [0.15, 0.2) is 29.3 Å². The minimum absolute atomic E-state index is 0.138. The number of likely N-dealkylation sites (N-methyl/N-ethyl adjacent to an activating group) is 1. The third-order valence-corrected chi connectivity index (χ3v) is 6.82. The maximum absolute atomic E-state index is 11.1.